The number of rotatable bonds is 1. The van der Waals surface area contributed by atoms with Crippen LogP contribution in [-0.4, -0.2) is 31.7 Å². The number of allylic oxidation sites excluding steroid dienone is 1. The molecule has 0 saturated carbocycles. The Kier molecular flexibility index (Phi) is 1.64. The molecular formula is C11H11N5O2. The molecule has 18 heavy (non-hydrogen) atoms. The third-order valence-electron chi connectivity index (χ3n) is 3.50. The van der Waals surface area contributed by atoms with Crippen molar-refractivity contribution < 1.29 is 4.74 Å². The molecule has 7 nitrogen and oxygen atoms in total. The molecule has 0 bridgehead atoms. The van der Waals surface area contributed by atoms with E-state index >= 15 is 0 Å². The Morgan fingerprint density at radius 3 is 3.17 bits per heavy atom. The van der Waals surface area contributed by atoms with Crippen LogP contribution in [0.15, 0.2) is 23.3 Å². The Balaban J connectivity index is 1.86. The zero-order valence-electron chi connectivity index (χ0n) is 9.46. The summed E-state index contributed by atoms with van der Waals surface area (Å²) in [6.07, 6.45) is 6.61. The number of epoxide rings is 1. The van der Waals surface area contributed by atoms with Crippen LogP contribution in [-0.2, 0) is 4.74 Å². The van der Waals surface area contributed by atoms with E-state index in [1.807, 2.05) is 4.57 Å². The van der Waals surface area contributed by atoms with Gasteiger partial charge in [-0.3, -0.25) is 9.78 Å². The Bertz CT molecular complexity index is 725. The molecule has 92 valence electrons. The normalized spacial score (nSPS) is 29.4. The summed E-state index contributed by atoms with van der Waals surface area (Å²) in [6.45, 7) is 0.767. The predicted molar refractivity (Wildman–Crippen MR) is 64.0 cm³/mol. The van der Waals surface area contributed by atoms with Gasteiger partial charge in [-0.25, -0.2) is 4.98 Å². The summed E-state index contributed by atoms with van der Waals surface area (Å²) < 4.78 is 7.28. The molecule has 1 fully saturated rings. The number of aromatic amines is 1. The van der Waals surface area contributed by atoms with E-state index in [2.05, 4.69) is 27.1 Å². The minimum atomic E-state index is -0.310. The fraction of sp³-hybridized carbons (Fsp3) is 0.364. The van der Waals surface area contributed by atoms with E-state index in [0.717, 1.165) is 13.0 Å². The first-order chi connectivity index (χ1) is 8.67. The van der Waals surface area contributed by atoms with Gasteiger partial charge in [0.15, 0.2) is 11.2 Å². The molecule has 4 rings (SSSR count). The van der Waals surface area contributed by atoms with E-state index in [-0.39, 0.29) is 23.2 Å². The lowest BCUT2D eigenvalue weighted by Gasteiger charge is -2.11. The molecule has 7 heteroatoms. The lowest BCUT2D eigenvalue weighted by atomic mass is 10.1. The van der Waals surface area contributed by atoms with Crippen molar-refractivity contribution in [2.75, 3.05) is 12.3 Å². The first-order valence-corrected chi connectivity index (χ1v) is 5.73. The van der Waals surface area contributed by atoms with Crippen LogP contribution in [0.3, 0.4) is 0 Å². The van der Waals surface area contributed by atoms with Gasteiger partial charge in [-0.2, -0.15) is 4.98 Å². The second kappa shape index (κ2) is 2.99. The number of H-pyrrole nitrogens is 1. The van der Waals surface area contributed by atoms with Crippen molar-refractivity contribution in [2.45, 2.75) is 18.1 Å². The van der Waals surface area contributed by atoms with Crippen LogP contribution in [0, 0.1) is 0 Å². The van der Waals surface area contributed by atoms with Crippen molar-refractivity contribution in [3.05, 3.63) is 28.8 Å². The van der Waals surface area contributed by atoms with Crippen molar-refractivity contribution in [3.63, 3.8) is 0 Å². The van der Waals surface area contributed by atoms with Gasteiger partial charge in [-0.1, -0.05) is 12.2 Å². The maximum Gasteiger partial charge on any atom is 0.280 e. The molecule has 0 amide bonds. The summed E-state index contributed by atoms with van der Waals surface area (Å²) in [4.78, 5) is 22.4. The number of hydrogen-bond donors (Lipinski definition) is 2. The van der Waals surface area contributed by atoms with Crippen LogP contribution in [0.2, 0.25) is 0 Å². The van der Waals surface area contributed by atoms with Gasteiger partial charge in [0, 0.05) is 6.42 Å². The maximum absolute atomic E-state index is 11.7. The SMILES string of the molecule is Nc1nc2c(ncn2[C@H]2C=C[C@@]3(CO3)C2)c(=O)[nH]1. The van der Waals surface area contributed by atoms with E-state index in [4.69, 9.17) is 10.5 Å². The average Bonchev–Trinajstić information content (AvgIpc) is 2.76. The van der Waals surface area contributed by atoms with Crippen LogP contribution in [0.5, 0.6) is 0 Å². The van der Waals surface area contributed by atoms with E-state index in [1.54, 1.807) is 6.33 Å². The number of fused-ring (bicyclic) bond motifs is 1. The number of imidazole rings is 1. The molecular weight excluding hydrogens is 234 g/mol. The van der Waals surface area contributed by atoms with E-state index < -0.39 is 0 Å². The molecule has 3 heterocycles. The number of nitrogens with two attached hydrogens (primary N) is 1. The minimum absolute atomic E-state index is 0.0893. The van der Waals surface area contributed by atoms with Crippen LogP contribution < -0.4 is 11.3 Å². The summed E-state index contributed by atoms with van der Waals surface area (Å²) in [7, 11) is 0. The highest BCUT2D eigenvalue weighted by Gasteiger charge is 2.47. The van der Waals surface area contributed by atoms with Crippen LogP contribution in [0.1, 0.15) is 12.5 Å². The first-order valence-electron chi connectivity index (χ1n) is 5.73. The van der Waals surface area contributed by atoms with Gasteiger partial charge in [0.1, 0.15) is 5.60 Å². The fourth-order valence-corrected chi connectivity index (χ4v) is 2.46. The number of nitrogens with one attached hydrogen (secondary N) is 1. The predicted octanol–water partition coefficient (Wildman–Crippen LogP) is -0.0282. The maximum atomic E-state index is 11.7. The summed E-state index contributed by atoms with van der Waals surface area (Å²) in [5.74, 6) is 0.105. The fourth-order valence-electron chi connectivity index (χ4n) is 2.46. The molecule has 2 aromatic heterocycles. The third-order valence-corrected chi connectivity index (χ3v) is 3.50. The Labute approximate surface area is 101 Å². The lowest BCUT2D eigenvalue weighted by molar-refractivity contribution is 0.330. The molecule has 2 aromatic rings. The number of nitrogens with zero attached hydrogens (tertiary/aromatic N) is 3. The van der Waals surface area contributed by atoms with Gasteiger partial charge >= 0.3 is 0 Å². The molecule has 3 N–H and O–H groups in total. The quantitative estimate of drug-likeness (QED) is 0.542. The van der Waals surface area contributed by atoms with Crippen LogP contribution in [0.4, 0.5) is 5.95 Å². The molecule has 1 aliphatic carbocycles. The highest BCUT2D eigenvalue weighted by atomic mass is 16.6. The number of ether oxygens (including phenoxy) is 1. The van der Waals surface area contributed by atoms with Crippen LogP contribution >= 0.6 is 0 Å². The molecule has 2 atom stereocenters. The molecule has 1 saturated heterocycles. The third kappa shape index (κ3) is 1.25. The zero-order valence-corrected chi connectivity index (χ0v) is 9.46. The highest BCUT2D eigenvalue weighted by molar-refractivity contribution is 5.70. The molecule has 0 radical (unpaired) electrons. The largest absolute Gasteiger partial charge is 0.369 e. The molecule has 1 spiro atoms. The Morgan fingerprint density at radius 1 is 1.61 bits per heavy atom. The molecule has 1 aliphatic heterocycles. The van der Waals surface area contributed by atoms with Gasteiger partial charge in [0.25, 0.3) is 5.56 Å². The number of anilines is 1. The van der Waals surface area contributed by atoms with Gasteiger partial charge in [-0.05, 0) is 0 Å². The second-order valence-corrected chi connectivity index (χ2v) is 4.76. The smallest absolute Gasteiger partial charge is 0.280 e. The monoisotopic (exact) mass is 245 g/mol. The van der Waals surface area contributed by atoms with E-state index in [9.17, 15) is 4.79 Å². The van der Waals surface area contributed by atoms with E-state index in [0.29, 0.717) is 11.2 Å². The van der Waals surface area contributed by atoms with Crippen molar-refractivity contribution >= 4 is 17.1 Å². The minimum Gasteiger partial charge on any atom is -0.369 e. The average molecular weight is 245 g/mol. The van der Waals surface area contributed by atoms with Crippen molar-refractivity contribution in [3.8, 4) is 0 Å². The van der Waals surface area contributed by atoms with Crippen molar-refractivity contribution in [2.24, 2.45) is 0 Å². The first kappa shape index (κ1) is 9.84. The lowest BCUT2D eigenvalue weighted by Crippen LogP contribution is -2.14. The van der Waals surface area contributed by atoms with Gasteiger partial charge in [0.2, 0.25) is 5.95 Å². The molecule has 2 aliphatic rings. The Hall–Kier alpha value is -2.15. The molecule has 0 aromatic carbocycles. The van der Waals surface area contributed by atoms with Crippen LogP contribution in [0.25, 0.3) is 11.2 Å². The standard InChI is InChI=1S/C11H11N5O2/c12-10-14-8-7(9(17)15-10)13-5-16(8)6-1-2-11(3-6)4-18-11/h1-2,5-6H,3-4H2,(H3,12,14,15,17)/t6-,11-/m0/s1. The summed E-state index contributed by atoms with van der Waals surface area (Å²) in [6, 6.07) is 0.117. The van der Waals surface area contributed by atoms with Crippen molar-refractivity contribution in [1.82, 2.24) is 19.5 Å². The summed E-state index contributed by atoms with van der Waals surface area (Å²) in [5, 5.41) is 0. The van der Waals surface area contributed by atoms with E-state index in [1.165, 1.54) is 0 Å². The number of nitrogen functional groups attached to an aromatic ring is 1. The number of aromatic nitrogens is 4. The Morgan fingerprint density at radius 2 is 2.44 bits per heavy atom. The van der Waals surface area contributed by atoms with Gasteiger partial charge in [0.05, 0.1) is 19.0 Å². The molecule has 0 unspecified atom stereocenters. The van der Waals surface area contributed by atoms with Crippen molar-refractivity contribution in [1.29, 1.82) is 0 Å². The van der Waals surface area contributed by atoms with Gasteiger partial charge in [-0.15, -0.1) is 0 Å². The highest BCUT2D eigenvalue weighted by Crippen LogP contribution is 2.43. The summed E-state index contributed by atoms with van der Waals surface area (Å²) >= 11 is 0. The second-order valence-electron chi connectivity index (χ2n) is 4.76. The zero-order chi connectivity index (χ0) is 12.3. The van der Waals surface area contributed by atoms with Gasteiger partial charge < -0.3 is 15.0 Å². The number of hydrogen-bond acceptors (Lipinski definition) is 5. The topological polar surface area (TPSA) is 102 Å². The summed E-state index contributed by atoms with van der Waals surface area (Å²) in [5.41, 5.74) is 6.00.